The fraction of sp³-hybridized carbons (Fsp3) is 0.100. The summed E-state index contributed by atoms with van der Waals surface area (Å²) in [6.45, 7) is 0. The molecule has 0 saturated carbocycles. The van der Waals surface area contributed by atoms with Crippen LogP contribution in [0.25, 0.3) is 10.6 Å². The molecule has 0 fully saturated rings. The van der Waals surface area contributed by atoms with Gasteiger partial charge in [-0.05, 0) is 17.5 Å². The number of hydrogen-bond donors (Lipinski definition) is 1. The van der Waals surface area contributed by atoms with Crippen LogP contribution in [0, 0.1) is 0 Å². The Bertz CT molecular complexity index is 469. The zero-order valence-corrected chi connectivity index (χ0v) is 9.44. The molecule has 2 rings (SSSR count). The molecule has 0 spiro atoms. The van der Waals surface area contributed by atoms with Crippen LogP contribution in [0.2, 0.25) is 0 Å². The van der Waals surface area contributed by atoms with Crippen molar-refractivity contribution in [3.8, 4) is 10.6 Å². The van der Waals surface area contributed by atoms with E-state index in [-0.39, 0.29) is 0 Å². The second-order valence-electron chi connectivity index (χ2n) is 2.80. The predicted molar refractivity (Wildman–Crippen MR) is 63.6 cm³/mol. The van der Waals surface area contributed by atoms with E-state index in [1.165, 1.54) is 13.4 Å². The molecule has 0 radical (unpaired) electrons. The van der Waals surface area contributed by atoms with Crippen LogP contribution >= 0.6 is 11.3 Å². The van der Waals surface area contributed by atoms with Gasteiger partial charge in [-0.25, -0.2) is 9.97 Å². The topological polar surface area (TPSA) is 59.4 Å². The number of rotatable bonds is 4. The number of thiophene rings is 1. The minimum Gasteiger partial charge on any atom is -0.279 e. The molecular weight excluding hydrogens is 224 g/mol. The second kappa shape index (κ2) is 5.34. The Hall–Kier alpha value is -1.79. The minimum absolute atomic E-state index is 0.399. The third kappa shape index (κ3) is 2.62. The van der Waals surface area contributed by atoms with E-state index in [0.29, 0.717) is 5.95 Å². The van der Waals surface area contributed by atoms with E-state index in [2.05, 4.69) is 25.3 Å². The van der Waals surface area contributed by atoms with Gasteiger partial charge >= 0.3 is 0 Å². The van der Waals surface area contributed by atoms with Gasteiger partial charge in [0.2, 0.25) is 0 Å². The van der Waals surface area contributed by atoms with Gasteiger partial charge in [0, 0.05) is 6.20 Å². The van der Waals surface area contributed by atoms with Gasteiger partial charge < -0.3 is 0 Å². The number of aliphatic imine (C=N–C) groups is 1. The first kappa shape index (κ1) is 10.7. The maximum Gasteiger partial charge on any atom is 0.251 e. The van der Waals surface area contributed by atoms with Crippen LogP contribution < -0.4 is 5.48 Å². The predicted octanol–water partition coefficient (Wildman–Crippen LogP) is 2.02. The minimum atomic E-state index is 0.399. The Morgan fingerprint density at radius 3 is 3.19 bits per heavy atom. The van der Waals surface area contributed by atoms with E-state index < -0.39 is 0 Å². The first-order valence-electron chi connectivity index (χ1n) is 4.58. The molecular formula is C10H10N4OS. The van der Waals surface area contributed by atoms with E-state index in [1.807, 2.05) is 23.6 Å². The molecule has 16 heavy (non-hydrogen) atoms. The maximum absolute atomic E-state index is 4.61. The van der Waals surface area contributed by atoms with Gasteiger partial charge in [-0.3, -0.25) is 10.3 Å². The molecule has 2 aromatic heterocycles. The molecule has 0 unspecified atom stereocenters. The average Bonchev–Trinajstić information content (AvgIpc) is 2.83. The summed E-state index contributed by atoms with van der Waals surface area (Å²) in [5.41, 5.74) is 3.35. The molecule has 0 aliphatic carbocycles. The van der Waals surface area contributed by atoms with Crippen molar-refractivity contribution < 1.29 is 4.84 Å². The van der Waals surface area contributed by atoms with Gasteiger partial charge in [0.25, 0.3) is 5.95 Å². The van der Waals surface area contributed by atoms with Crippen LogP contribution in [0.5, 0.6) is 0 Å². The standard InChI is InChI=1S/C10H10N4OS/c1-15-13-7-12-10-11-5-4-8(14-10)9-3-2-6-16-9/h2-7H,1H3,(H,11,12,13,14). The second-order valence-corrected chi connectivity index (χ2v) is 3.75. The van der Waals surface area contributed by atoms with Crippen molar-refractivity contribution in [3.05, 3.63) is 29.8 Å². The van der Waals surface area contributed by atoms with Crippen molar-refractivity contribution in [2.45, 2.75) is 0 Å². The number of hydroxylamine groups is 1. The summed E-state index contributed by atoms with van der Waals surface area (Å²) in [5.74, 6) is 0.399. The van der Waals surface area contributed by atoms with E-state index in [1.54, 1.807) is 17.5 Å². The quantitative estimate of drug-likeness (QED) is 0.499. The molecule has 0 aromatic carbocycles. The van der Waals surface area contributed by atoms with Crippen molar-refractivity contribution in [3.63, 3.8) is 0 Å². The van der Waals surface area contributed by atoms with Crippen LogP contribution in [0.1, 0.15) is 0 Å². The molecule has 0 atom stereocenters. The van der Waals surface area contributed by atoms with Crippen molar-refractivity contribution in [2.24, 2.45) is 4.99 Å². The van der Waals surface area contributed by atoms with Gasteiger partial charge in [-0.2, -0.15) is 4.99 Å². The smallest absolute Gasteiger partial charge is 0.251 e. The van der Waals surface area contributed by atoms with Crippen molar-refractivity contribution >= 4 is 23.6 Å². The average molecular weight is 234 g/mol. The van der Waals surface area contributed by atoms with Gasteiger partial charge in [-0.1, -0.05) is 6.07 Å². The van der Waals surface area contributed by atoms with Crippen molar-refractivity contribution in [2.75, 3.05) is 7.11 Å². The number of nitrogens with zero attached hydrogens (tertiary/aromatic N) is 3. The van der Waals surface area contributed by atoms with Crippen LogP contribution in [0.4, 0.5) is 5.95 Å². The third-order valence-electron chi connectivity index (χ3n) is 1.77. The third-order valence-corrected chi connectivity index (χ3v) is 2.66. The lowest BCUT2D eigenvalue weighted by molar-refractivity contribution is 0.148. The Morgan fingerprint density at radius 1 is 1.50 bits per heavy atom. The molecule has 0 aliphatic heterocycles. The molecule has 1 N–H and O–H groups in total. The number of hydrogen-bond acceptors (Lipinski definition) is 5. The Kier molecular flexibility index (Phi) is 3.58. The highest BCUT2D eigenvalue weighted by Crippen LogP contribution is 2.23. The SMILES string of the molecule is CON/C=N\c1nccc(-c2cccs2)n1. The summed E-state index contributed by atoms with van der Waals surface area (Å²) in [5, 5.41) is 2.01. The lowest BCUT2D eigenvalue weighted by Gasteiger charge is -1.97. The van der Waals surface area contributed by atoms with Crippen molar-refractivity contribution in [1.82, 2.24) is 15.4 Å². The summed E-state index contributed by atoms with van der Waals surface area (Å²) in [6, 6.07) is 5.85. The Morgan fingerprint density at radius 2 is 2.44 bits per heavy atom. The number of aromatic nitrogens is 2. The van der Waals surface area contributed by atoms with Gasteiger partial charge in [-0.15, -0.1) is 11.3 Å². The van der Waals surface area contributed by atoms with E-state index in [4.69, 9.17) is 0 Å². The molecule has 2 aromatic rings. The van der Waals surface area contributed by atoms with E-state index >= 15 is 0 Å². The normalized spacial score (nSPS) is 10.8. The molecule has 82 valence electrons. The first-order valence-corrected chi connectivity index (χ1v) is 5.46. The largest absolute Gasteiger partial charge is 0.279 e. The lowest BCUT2D eigenvalue weighted by Crippen LogP contribution is -2.07. The molecule has 5 nitrogen and oxygen atoms in total. The fourth-order valence-electron chi connectivity index (χ4n) is 1.11. The highest BCUT2D eigenvalue weighted by molar-refractivity contribution is 7.13. The zero-order chi connectivity index (χ0) is 11.2. The van der Waals surface area contributed by atoms with Crippen LogP contribution in [0.15, 0.2) is 34.8 Å². The van der Waals surface area contributed by atoms with Gasteiger partial charge in [0.15, 0.2) is 0 Å². The van der Waals surface area contributed by atoms with Gasteiger partial charge in [0.05, 0.1) is 17.7 Å². The molecule has 0 saturated heterocycles. The summed E-state index contributed by atoms with van der Waals surface area (Å²) in [7, 11) is 1.51. The summed E-state index contributed by atoms with van der Waals surface area (Å²) in [6.07, 6.45) is 3.08. The van der Waals surface area contributed by atoms with E-state index in [0.717, 1.165) is 10.6 Å². The molecule has 0 amide bonds. The molecule has 6 heteroatoms. The lowest BCUT2D eigenvalue weighted by atomic mass is 10.3. The Balaban J connectivity index is 2.20. The summed E-state index contributed by atoms with van der Waals surface area (Å²) < 4.78 is 0. The van der Waals surface area contributed by atoms with Crippen LogP contribution in [-0.2, 0) is 4.84 Å². The number of nitrogens with one attached hydrogen (secondary N) is 1. The molecule has 0 bridgehead atoms. The van der Waals surface area contributed by atoms with Crippen LogP contribution in [-0.4, -0.2) is 23.4 Å². The molecule has 0 aliphatic rings. The summed E-state index contributed by atoms with van der Waals surface area (Å²) in [4.78, 5) is 18.0. The highest BCUT2D eigenvalue weighted by atomic mass is 32.1. The van der Waals surface area contributed by atoms with Crippen molar-refractivity contribution in [1.29, 1.82) is 0 Å². The first-order chi connectivity index (χ1) is 7.90. The van der Waals surface area contributed by atoms with Gasteiger partial charge in [0.1, 0.15) is 6.34 Å². The zero-order valence-electron chi connectivity index (χ0n) is 8.62. The van der Waals surface area contributed by atoms with E-state index in [9.17, 15) is 0 Å². The fourth-order valence-corrected chi connectivity index (χ4v) is 1.80. The maximum atomic E-state index is 4.61. The summed E-state index contributed by atoms with van der Waals surface area (Å²) >= 11 is 1.63. The Labute approximate surface area is 96.8 Å². The monoisotopic (exact) mass is 234 g/mol. The highest BCUT2D eigenvalue weighted by Gasteiger charge is 2.01. The van der Waals surface area contributed by atoms with Crippen LogP contribution in [0.3, 0.4) is 0 Å². The molecule has 2 heterocycles.